The van der Waals surface area contributed by atoms with Crippen LogP contribution < -0.4 is 0 Å². The number of nitrogens with one attached hydrogen (secondary N) is 1. The van der Waals surface area contributed by atoms with E-state index in [-0.39, 0.29) is 12.0 Å². The van der Waals surface area contributed by atoms with Crippen LogP contribution >= 0.6 is 0 Å². The van der Waals surface area contributed by atoms with Crippen LogP contribution in [0.5, 0.6) is 0 Å². The number of aryl methyl sites for hydroxylation is 1. The highest BCUT2D eigenvalue weighted by atomic mass is 16.5. The first-order chi connectivity index (χ1) is 19.4. The van der Waals surface area contributed by atoms with E-state index in [0.717, 1.165) is 83.1 Å². The van der Waals surface area contributed by atoms with Gasteiger partial charge in [-0.25, -0.2) is 9.97 Å². The third-order valence-electron chi connectivity index (χ3n) is 7.13. The van der Waals surface area contributed by atoms with E-state index in [1.165, 1.54) is 11.1 Å². The zero-order chi connectivity index (χ0) is 28.7. The van der Waals surface area contributed by atoms with Crippen LogP contribution in [0.3, 0.4) is 0 Å². The molecule has 2 heterocycles. The van der Waals surface area contributed by atoms with Crippen LogP contribution in [0.2, 0.25) is 0 Å². The van der Waals surface area contributed by atoms with E-state index in [9.17, 15) is 4.79 Å². The quantitative estimate of drug-likeness (QED) is 0.218. The fourth-order valence-electron chi connectivity index (χ4n) is 5.15. The summed E-state index contributed by atoms with van der Waals surface area (Å²) in [6.07, 6.45) is 11.3. The van der Waals surface area contributed by atoms with Gasteiger partial charge in [-0.1, -0.05) is 38.1 Å². The minimum Gasteiger partial charge on any atom is -0.465 e. The highest BCUT2D eigenvalue weighted by Gasteiger charge is 2.26. The standard InChI is InChI=1S/C31H49N7O2/c1-6-18-38(19-7-2)28(31(39)40-8-3)10-9-20-35(4)22-26-11-13-27(14-12-26)23-37(24-29-32-15-16-33-29)25-30-34-17-21-36(30)5/h11-17,21,28H,6-10,18-20,22-25H2,1-5H3,(H,32,33)/t28-/m1/s1. The molecule has 9 heteroatoms. The van der Waals surface area contributed by atoms with Crippen molar-refractivity contribution >= 4 is 5.97 Å². The van der Waals surface area contributed by atoms with Crippen LogP contribution in [0, 0.1) is 0 Å². The Kier molecular flexibility index (Phi) is 13.4. The number of hydrogen-bond donors (Lipinski definition) is 1. The van der Waals surface area contributed by atoms with Gasteiger partial charge in [-0.15, -0.1) is 0 Å². The maximum atomic E-state index is 12.7. The Morgan fingerprint density at radius 1 is 0.950 bits per heavy atom. The molecule has 0 bridgehead atoms. The molecule has 0 saturated carbocycles. The van der Waals surface area contributed by atoms with Gasteiger partial charge >= 0.3 is 5.97 Å². The number of imidazole rings is 2. The Bertz CT molecular complexity index is 1090. The fraction of sp³-hybridized carbons (Fsp3) is 0.581. The molecule has 3 rings (SSSR count). The number of ether oxygens (including phenoxy) is 1. The number of aromatic amines is 1. The van der Waals surface area contributed by atoms with Crippen molar-refractivity contribution < 1.29 is 9.53 Å². The van der Waals surface area contributed by atoms with Gasteiger partial charge in [-0.2, -0.15) is 0 Å². The minimum absolute atomic E-state index is 0.0772. The molecular weight excluding hydrogens is 502 g/mol. The highest BCUT2D eigenvalue weighted by molar-refractivity contribution is 5.75. The summed E-state index contributed by atoms with van der Waals surface area (Å²) < 4.78 is 7.49. The molecule has 1 N–H and O–H groups in total. The lowest BCUT2D eigenvalue weighted by Gasteiger charge is -2.30. The third kappa shape index (κ3) is 10.2. The monoisotopic (exact) mass is 551 g/mol. The van der Waals surface area contributed by atoms with E-state index in [0.29, 0.717) is 6.61 Å². The van der Waals surface area contributed by atoms with E-state index in [2.05, 4.69) is 79.4 Å². The zero-order valence-electron chi connectivity index (χ0n) is 25.2. The number of H-pyrrole nitrogens is 1. The summed E-state index contributed by atoms with van der Waals surface area (Å²) in [5.74, 6) is 1.90. The molecule has 0 aliphatic rings. The van der Waals surface area contributed by atoms with Gasteiger partial charge in [0.25, 0.3) is 0 Å². The normalized spacial score (nSPS) is 12.5. The topological polar surface area (TPSA) is 82.5 Å². The predicted octanol–water partition coefficient (Wildman–Crippen LogP) is 4.61. The average Bonchev–Trinajstić information content (AvgIpc) is 3.59. The van der Waals surface area contributed by atoms with Crippen molar-refractivity contribution in [3.05, 3.63) is 71.8 Å². The number of carbonyl (C=O) groups is 1. The lowest BCUT2D eigenvalue weighted by Crippen LogP contribution is -2.43. The fourth-order valence-corrected chi connectivity index (χ4v) is 5.15. The molecule has 1 atom stereocenters. The maximum absolute atomic E-state index is 12.7. The average molecular weight is 552 g/mol. The lowest BCUT2D eigenvalue weighted by atomic mass is 10.1. The van der Waals surface area contributed by atoms with E-state index in [1.807, 2.05) is 32.6 Å². The molecule has 0 spiro atoms. The van der Waals surface area contributed by atoms with Crippen LogP contribution in [0.15, 0.2) is 49.1 Å². The van der Waals surface area contributed by atoms with Gasteiger partial charge in [-0.3, -0.25) is 14.6 Å². The summed E-state index contributed by atoms with van der Waals surface area (Å²) in [5, 5.41) is 0. The van der Waals surface area contributed by atoms with E-state index < -0.39 is 0 Å². The number of rotatable bonds is 19. The molecule has 220 valence electrons. The molecular formula is C31H49N7O2. The number of esters is 1. The van der Waals surface area contributed by atoms with Crippen molar-refractivity contribution in [2.45, 2.75) is 78.7 Å². The second-order valence-electron chi connectivity index (χ2n) is 10.6. The van der Waals surface area contributed by atoms with Crippen LogP contribution in [-0.2, 0) is 42.8 Å². The summed E-state index contributed by atoms with van der Waals surface area (Å²) in [7, 11) is 4.18. The minimum atomic E-state index is -0.151. The maximum Gasteiger partial charge on any atom is 0.323 e. The Hall–Kier alpha value is -3.01. The summed E-state index contributed by atoms with van der Waals surface area (Å²) in [5.41, 5.74) is 2.55. The smallest absolute Gasteiger partial charge is 0.323 e. The van der Waals surface area contributed by atoms with Crippen LogP contribution in [0.1, 0.15) is 69.2 Å². The molecule has 40 heavy (non-hydrogen) atoms. The molecule has 0 amide bonds. The van der Waals surface area contributed by atoms with E-state index in [4.69, 9.17) is 4.74 Å². The van der Waals surface area contributed by atoms with Crippen molar-refractivity contribution in [1.82, 2.24) is 34.2 Å². The Morgan fingerprint density at radius 3 is 2.23 bits per heavy atom. The first-order valence-electron chi connectivity index (χ1n) is 14.8. The number of carbonyl (C=O) groups excluding carboxylic acids is 1. The molecule has 0 fully saturated rings. The summed E-state index contributed by atoms with van der Waals surface area (Å²) in [6.45, 7) is 12.6. The predicted molar refractivity (Wildman–Crippen MR) is 159 cm³/mol. The third-order valence-corrected chi connectivity index (χ3v) is 7.13. The first kappa shape index (κ1) is 31.5. The molecule has 1 aromatic carbocycles. The van der Waals surface area contributed by atoms with E-state index in [1.54, 1.807) is 6.20 Å². The van der Waals surface area contributed by atoms with Gasteiger partial charge in [0.05, 0.1) is 19.7 Å². The SMILES string of the molecule is CCCN(CCC)[C@H](CCCN(C)Cc1ccc(CN(Cc2ncc[nH]2)Cc2nccn2C)cc1)C(=O)OCC. The number of nitrogens with zero attached hydrogens (tertiary/aromatic N) is 6. The highest BCUT2D eigenvalue weighted by Crippen LogP contribution is 2.15. The molecule has 0 aliphatic carbocycles. The summed E-state index contributed by atoms with van der Waals surface area (Å²) >= 11 is 0. The molecule has 3 aromatic rings. The van der Waals surface area contributed by atoms with Gasteiger partial charge in [0.2, 0.25) is 0 Å². The molecule has 9 nitrogen and oxygen atoms in total. The van der Waals surface area contributed by atoms with Crippen molar-refractivity contribution in [2.24, 2.45) is 7.05 Å². The first-order valence-corrected chi connectivity index (χ1v) is 14.8. The molecule has 0 unspecified atom stereocenters. The van der Waals surface area contributed by atoms with Gasteiger partial charge in [0.15, 0.2) is 0 Å². The second-order valence-corrected chi connectivity index (χ2v) is 10.6. The molecule has 0 aliphatic heterocycles. The molecule has 2 aromatic heterocycles. The van der Waals surface area contributed by atoms with E-state index >= 15 is 0 Å². The second kappa shape index (κ2) is 16.9. The zero-order valence-corrected chi connectivity index (χ0v) is 25.2. The van der Waals surface area contributed by atoms with Crippen molar-refractivity contribution in [3.63, 3.8) is 0 Å². The van der Waals surface area contributed by atoms with Gasteiger partial charge < -0.3 is 19.2 Å². The number of benzene rings is 1. The Balaban J connectivity index is 1.53. The van der Waals surface area contributed by atoms with Crippen LogP contribution in [0.25, 0.3) is 0 Å². The van der Waals surface area contributed by atoms with Gasteiger partial charge in [0, 0.05) is 44.9 Å². The Morgan fingerprint density at radius 2 is 1.65 bits per heavy atom. The number of aromatic nitrogens is 4. The largest absolute Gasteiger partial charge is 0.465 e. The van der Waals surface area contributed by atoms with Crippen molar-refractivity contribution in [1.29, 1.82) is 0 Å². The summed E-state index contributed by atoms with van der Waals surface area (Å²) in [6, 6.07) is 8.75. The molecule has 0 radical (unpaired) electrons. The molecule has 0 saturated heterocycles. The summed E-state index contributed by atoms with van der Waals surface area (Å²) in [4.78, 5) is 31.9. The Labute approximate surface area is 240 Å². The number of hydrogen-bond acceptors (Lipinski definition) is 7. The van der Waals surface area contributed by atoms with Gasteiger partial charge in [-0.05, 0) is 70.4 Å². The van der Waals surface area contributed by atoms with Crippen molar-refractivity contribution in [3.8, 4) is 0 Å². The van der Waals surface area contributed by atoms with Gasteiger partial charge in [0.1, 0.15) is 17.7 Å². The van der Waals surface area contributed by atoms with Crippen LogP contribution in [0.4, 0.5) is 0 Å². The van der Waals surface area contributed by atoms with Crippen molar-refractivity contribution in [2.75, 3.05) is 33.3 Å². The van der Waals surface area contributed by atoms with Crippen LogP contribution in [-0.4, -0.2) is 79.5 Å². The lowest BCUT2D eigenvalue weighted by molar-refractivity contribution is -0.150.